The molecule has 2 aliphatic rings. The Kier molecular flexibility index (Phi) is 3.12. The summed E-state index contributed by atoms with van der Waals surface area (Å²) in [6, 6.07) is 4.75. The Morgan fingerprint density at radius 2 is 2.24 bits per heavy atom. The molecule has 0 bridgehead atoms. The number of rotatable bonds is 4. The number of ether oxygens (including phenoxy) is 1. The van der Waals surface area contributed by atoms with Gasteiger partial charge in [-0.15, -0.1) is 0 Å². The highest BCUT2D eigenvalue weighted by Gasteiger charge is 2.40. The van der Waals surface area contributed by atoms with Crippen LogP contribution in [0.3, 0.4) is 0 Å². The zero-order chi connectivity index (χ0) is 11.7. The molecular weight excluding hydrogens is 212 g/mol. The molecule has 1 aromatic rings. The van der Waals surface area contributed by atoms with E-state index in [0.717, 1.165) is 31.2 Å². The summed E-state index contributed by atoms with van der Waals surface area (Å²) in [6.07, 6.45) is 6.24. The highest BCUT2D eigenvalue weighted by molar-refractivity contribution is 5.12. The average Bonchev–Trinajstić information content (AvgIpc) is 3.08. The molecule has 1 aliphatic carbocycles. The van der Waals surface area contributed by atoms with Crippen molar-refractivity contribution < 1.29 is 4.74 Å². The Morgan fingerprint density at radius 3 is 2.94 bits per heavy atom. The summed E-state index contributed by atoms with van der Waals surface area (Å²) < 4.78 is 5.81. The molecule has 1 saturated carbocycles. The number of nitrogens with zero attached hydrogens (tertiary/aromatic N) is 1. The third-order valence-electron chi connectivity index (χ3n) is 3.74. The molecule has 0 radical (unpaired) electrons. The summed E-state index contributed by atoms with van der Waals surface area (Å²) in [5.74, 6) is 0.820. The van der Waals surface area contributed by atoms with Crippen molar-refractivity contribution in [1.29, 1.82) is 0 Å². The van der Waals surface area contributed by atoms with E-state index >= 15 is 0 Å². The van der Waals surface area contributed by atoms with E-state index in [1.165, 1.54) is 18.4 Å². The standard InChI is InChI=1S/C14H20N2O/c1-10-2-5-12(15-8-10)9-16-13-6-7-17-14(13)11-3-4-11/h2,5,8,11,13-14,16H,3-4,6-7,9H2,1H3. The SMILES string of the molecule is Cc1ccc(CNC2CCOC2C2CC2)nc1. The molecule has 3 heteroatoms. The maximum Gasteiger partial charge on any atom is 0.0757 e. The summed E-state index contributed by atoms with van der Waals surface area (Å²) in [6.45, 7) is 3.84. The highest BCUT2D eigenvalue weighted by Crippen LogP contribution is 2.38. The molecule has 1 aromatic heterocycles. The maximum atomic E-state index is 5.81. The van der Waals surface area contributed by atoms with E-state index in [4.69, 9.17) is 4.74 Å². The molecule has 2 unspecified atom stereocenters. The van der Waals surface area contributed by atoms with E-state index in [9.17, 15) is 0 Å². The molecule has 3 nitrogen and oxygen atoms in total. The van der Waals surface area contributed by atoms with Crippen molar-refractivity contribution in [1.82, 2.24) is 10.3 Å². The monoisotopic (exact) mass is 232 g/mol. The lowest BCUT2D eigenvalue weighted by atomic mass is 10.1. The third-order valence-corrected chi connectivity index (χ3v) is 3.74. The highest BCUT2D eigenvalue weighted by atomic mass is 16.5. The molecule has 2 atom stereocenters. The van der Waals surface area contributed by atoms with E-state index in [0.29, 0.717) is 12.1 Å². The van der Waals surface area contributed by atoms with Crippen molar-refractivity contribution in [2.75, 3.05) is 6.61 Å². The smallest absolute Gasteiger partial charge is 0.0757 e. The zero-order valence-corrected chi connectivity index (χ0v) is 10.4. The number of hydrogen-bond donors (Lipinski definition) is 1. The largest absolute Gasteiger partial charge is 0.376 e. The fourth-order valence-corrected chi connectivity index (χ4v) is 2.56. The molecule has 1 saturated heterocycles. The minimum absolute atomic E-state index is 0.459. The van der Waals surface area contributed by atoms with Gasteiger partial charge < -0.3 is 10.1 Å². The second-order valence-corrected chi connectivity index (χ2v) is 5.28. The molecule has 1 N–H and O–H groups in total. The van der Waals surface area contributed by atoms with Gasteiger partial charge in [-0.25, -0.2) is 0 Å². The van der Waals surface area contributed by atoms with Gasteiger partial charge in [-0.2, -0.15) is 0 Å². The Bertz CT molecular complexity index is 372. The van der Waals surface area contributed by atoms with Crippen LogP contribution in [-0.4, -0.2) is 23.7 Å². The van der Waals surface area contributed by atoms with Gasteiger partial charge in [0.2, 0.25) is 0 Å². The van der Waals surface area contributed by atoms with Crippen LogP contribution in [0.2, 0.25) is 0 Å². The second kappa shape index (κ2) is 4.75. The van der Waals surface area contributed by atoms with Crippen molar-refractivity contribution in [3.63, 3.8) is 0 Å². The van der Waals surface area contributed by atoms with Gasteiger partial charge in [-0.05, 0) is 43.7 Å². The zero-order valence-electron chi connectivity index (χ0n) is 10.4. The normalized spacial score (nSPS) is 28.5. The van der Waals surface area contributed by atoms with Crippen LogP contribution in [0, 0.1) is 12.8 Å². The van der Waals surface area contributed by atoms with Crippen LogP contribution in [0.15, 0.2) is 18.3 Å². The summed E-state index contributed by atoms with van der Waals surface area (Å²) in [5, 5.41) is 3.60. The topological polar surface area (TPSA) is 34.1 Å². The Labute approximate surface area is 103 Å². The van der Waals surface area contributed by atoms with Crippen molar-refractivity contribution in [3.05, 3.63) is 29.6 Å². The lowest BCUT2D eigenvalue weighted by Crippen LogP contribution is -2.37. The molecule has 92 valence electrons. The molecule has 0 amide bonds. The summed E-state index contributed by atoms with van der Waals surface area (Å²) in [5.41, 5.74) is 2.34. The van der Waals surface area contributed by atoms with E-state index in [2.05, 4.69) is 29.4 Å². The van der Waals surface area contributed by atoms with Gasteiger partial charge in [-0.1, -0.05) is 6.07 Å². The van der Waals surface area contributed by atoms with Gasteiger partial charge in [0, 0.05) is 25.4 Å². The lowest BCUT2D eigenvalue weighted by Gasteiger charge is -2.19. The van der Waals surface area contributed by atoms with Crippen LogP contribution in [0.5, 0.6) is 0 Å². The van der Waals surface area contributed by atoms with E-state index in [1.54, 1.807) is 0 Å². The van der Waals surface area contributed by atoms with Gasteiger partial charge in [0.05, 0.1) is 11.8 Å². The van der Waals surface area contributed by atoms with E-state index in [-0.39, 0.29) is 0 Å². The van der Waals surface area contributed by atoms with Crippen molar-refractivity contribution in [2.24, 2.45) is 5.92 Å². The molecule has 17 heavy (non-hydrogen) atoms. The number of hydrogen-bond acceptors (Lipinski definition) is 3. The number of aromatic nitrogens is 1. The van der Waals surface area contributed by atoms with Crippen LogP contribution in [-0.2, 0) is 11.3 Å². The molecule has 0 spiro atoms. The Hall–Kier alpha value is -0.930. The minimum atomic E-state index is 0.459. The number of pyridine rings is 1. The maximum absolute atomic E-state index is 5.81. The first-order valence-electron chi connectivity index (χ1n) is 6.59. The number of aryl methyl sites for hydroxylation is 1. The van der Waals surface area contributed by atoms with Crippen LogP contribution in [0.4, 0.5) is 0 Å². The van der Waals surface area contributed by atoms with Crippen molar-refractivity contribution >= 4 is 0 Å². The van der Waals surface area contributed by atoms with Gasteiger partial charge >= 0.3 is 0 Å². The molecule has 3 rings (SSSR count). The first-order chi connectivity index (χ1) is 8.33. The predicted octanol–water partition coefficient (Wildman–Crippen LogP) is 2.05. The Balaban J connectivity index is 1.54. The van der Waals surface area contributed by atoms with E-state index in [1.807, 2.05) is 6.20 Å². The molecule has 2 heterocycles. The van der Waals surface area contributed by atoms with Crippen LogP contribution >= 0.6 is 0 Å². The van der Waals surface area contributed by atoms with Crippen LogP contribution in [0.25, 0.3) is 0 Å². The first-order valence-corrected chi connectivity index (χ1v) is 6.59. The fourth-order valence-electron chi connectivity index (χ4n) is 2.56. The van der Waals surface area contributed by atoms with Gasteiger partial charge in [0.15, 0.2) is 0 Å². The molecular formula is C14H20N2O. The molecule has 2 fully saturated rings. The van der Waals surface area contributed by atoms with Gasteiger partial charge in [-0.3, -0.25) is 4.98 Å². The lowest BCUT2D eigenvalue weighted by molar-refractivity contribution is 0.0808. The predicted molar refractivity (Wildman–Crippen MR) is 66.7 cm³/mol. The summed E-state index contributed by atoms with van der Waals surface area (Å²) >= 11 is 0. The van der Waals surface area contributed by atoms with Crippen LogP contribution < -0.4 is 5.32 Å². The average molecular weight is 232 g/mol. The minimum Gasteiger partial charge on any atom is -0.376 e. The van der Waals surface area contributed by atoms with Gasteiger partial charge in [0.25, 0.3) is 0 Å². The van der Waals surface area contributed by atoms with Crippen molar-refractivity contribution in [3.8, 4) is 0 Å². The van der Waals surface area contributed by atoms with Crippen molar-refractivity contribution in [2.45, 2.75) is 44.9 Å². The van der Waals surface area contributed by atoms with Crippen LogP contribution in [0.1, 0.15) is 30.5 Å². The molecule has 0 aromatic carbocycles. The first kappa shape index (κ1) is 11.2. The fraction of sp³-hybridized carbons (Fsp3) is 0.643. The molecule has 1 aliphatic heterocycles. The second-order valence-electron chi connectivity index (χ2n) is 5.28. The Morgan fingerprint density at radius 1 is 1.35 bits per heavy atom. The third kappa shape index (κ3) is 2.67. The quantitative estimate of drug-likeness (QED) is 0.862. The summed E-state index contributed by atoms with van der Waals surface area (Å²) in [7, 11) is 0. The number of nitrogens with one attached hydrogen (secondary N) is 1. The van der Waals surface area contributed by atoms with E-state index < -0.39 is 0 Å². The van der Waals surface area contributed by atoms with Gasteiger partial charge in [0.1, 0.15) is 0 Å². The summed E-state index contributed by atoms with van der Waals surface area (Å²) in [4.78, 5) is 4.42.